The molecule has 2 rings (SSSR count). The number of rotatable bonds is 5. The fraction of sp³-hybridized carbons (Fsp3) is 0.0667. The number of benzene rings is 2. The lowest BCUT2D eigenvalue weighted by atomic mass is 10.2. The first kappa shape index (κ1) is 18.4. The molecule has 4 nitrogen and oxygen atoms in total. The molecule has 0 atom stereocenters. The van der Waals surface area contributed by atoms with E-state index in [1.807, 2.05) is 12.1 Å². The quantitative estimate of drug-likeness (QED) is 0.434. The molecule has 0 saturated heterocycles. The maximum atomic E-state index is 11.7. The van der Waals surface area contributed by atoms with Gasteiger partial charge in [0.2, 0.25) is 0 Å². The van der Waals surface area contributed by atoms with E-state index in [4.69, 9.17) is 16.3 Å². The molecule has 0 unspecified atom stereocenters. The Hall–Kier alpha value is -0.890. The number of nitrogens with zero attached hydrogens (tertiary/aromatic N) is 1. The van der Waals surface area contributed by atoms with Crippen molar-refractivity contribution in [2.45, 2.75) is 0 Å². The molecule has 0 aliphatic heterocycles. The molecule has 2 aromatic rings. The van der Waals surface area contributed by atoms with Crippen LogP contribution in [0.1, 0.15) is 5.56 Å². The van der Waals surface area contributed by atoms with Crippen LogP contribution in [-0.2, 0) is 4.79 Å². The van der Waals surface area contributed by atoms with Crippen molar-refractivity contribution in [3.8, 4) is 5.75 Å². The zero-order valence-electron chi connectivity index (χ0n) is 11.5. The second-order valence-electron chi connectivity index (χ2n) is 4.33. The van der Waals surface area contributed by atoms with E-state index in [1.54, 1.807) is 24.3 Å². The number of hydrogen-bond acceptors (Lipinski definition) is 3. The SMILES string of the molecule is O=C(COc1c(Br)cc(Br)cc1Br)NN=Cc1ccc(Cl)cc1. The highest BCUT2D eigenvalue weighted by atomic mass is 79.9. The maximum absolute atomic E-state index is 11.7. The van der Waals surface area contributed by atoms with Crippen LogP contribution in [0.2, 0.25) is 5.02 Å². The molecule has 23 heavy (non-hydrogen) atoms. The van der Waals surface area contributed by atoms with Gasteiger partial charge in [-0.25, -0.2) is 5.43 Å². The number of carbonyl (C=O) groups excluding carboxylic acids is 1. The highest BCUT2D eigenvalue weighted by molar-refractivity contribution is 9.11. The van der Waals surface area contributed by atoms with E-state index in [-0.39, 0.29) is 12.5 Å². The topological polar surface area (TPSA) is 50.7 Å². The lowest BCUT2D eigenvalue weighted by Crippen LogP contribution is -2.24. The summed E-state index contributed by atoms with van der Waals surface area (Å²) >= 11 is 15.9. The van der Waals surface area contributed by atoms with Crippen LogP contribution in [0.3, 0.4) is 0 Å². The molecule has 1 N–H and O–H groups in total. The van der Waals surface area contributed by atoms with Gasteiger partial charge in [0.15, 0.2) is 6.61 Å². The molecule has 0 saturated carbocycles. The van der Waals surface area contributed by atoms with Crippen molar-refractivity contribution < 1.29 is 9.53 Å². The number of halogens is 4. The molecule has 2 aromatic carbocycles. The van der Waals surface area contributed by atoms with Gasteiger partial charge >= 0.3 is 0 Å². The summed E-state index contributed by atoms with van der Waals surface area (Å²) in [6.45, 7) is -0.156. The van der Waals surface area contributed by atoms with E-state index in [0.717, 1.165) is 19.0 Å². The minimum atomic E-state index is -0.364. The van der Waals surface area contributed by atoms with E-state index in [1.165, 1.54) is 6.21 Å². The van der Waals surface area contributed by atoms with Crippen molar-refractivity contribution in [2.75, 3.05) is 6.61 Å². The largest absolute Gasteiger partial charge is 0.481 e. The summed E-state index contributed by atoms with van der Waals surface area (Å²) in [6, 6.07) is 10.7. The first-order valence-electron chi connectivity index (χ1n) is 6.30. The first-order chi connectivity index (χ1) is 11.0. The molecule has 1 amide bonds. The predicted octanol–water partition coefficient (Wildman–Crippen LogP) is 5.16. The van der Waals surface area contributed by atoms with E-state index < -0.39 is 0 Å². The summed E-state index contributed by atoms with van der Waals surface area (Å²) in [5, 5.41) is 4.51. The fourth-order valence-corrected chi connectivity index (χ4v) is 4.18. The molecule has 0 spiro atoms. The van der Waals surface area contributed by atoms with Crippen LogP contribution in [0.5, 0.6) is 5.75 Å². The Balaban J connectivity index is 1.87. The van der Waals surface area contributed by atoms with Crippen LogP contribution < -0.4 is 10.2 Å². The second-order valence-corrected chi connectivity index (χ2v) is 7.39. The van der Waals surface area contributed by atoms with Gasteiger partial charge in [-0.05, 0) is 61.7 Å². The predicted molar refractivity (Wildman–Crippen MR) is 102 cm³/mol. The third-order valence-electron chi connectivity index (χ3n) is 2.58. The average molecular weight is 525 g/mol. The Kier molecular flexibility index (Phi) is 7.08. The van der Waals surface area contributed by atoms with Crippen LogP contribution in [0.15, 0.2) is 54.9 Å². The number of hydrogen-bond donors (Lipinski definition) is 1. The van der Waals surface area contributed by atoms with Crippen molar-refractivity contribution in [1.82, 2.24) is 5.43 Å². The third-order valence-corrected chi connectivity index (χ3v) is 4.47. The maximum Gasteiger partial charge on any atom is 0.277 e. The number of hydrazone groups is 1. The van der Waals surface area contributed by atoms with Crippen LogP contribution >= 0.6 is 59.4 Å². The Labute approximate surface area is 163 Å². The summed E-state index contributed by atoms with van der Waals surface area (Å²) in [7, 11) is 0. The third kappa shape index (κ3) is 5.91. The molecule has 0 aliphatic carbocycles. The zero-order valence-corrected chi connectivity index (χ0v) is 17.0. The summed E-state index contributed by atoms with van der Waals surface area (Å²) in [5.41, 5.74) is 3.23. The van der Waals surface area contributed by atoms with Crippen molar-refractivity contribution in [3.63, 3.8) is 0 Å². The monoisotopic (exact) mass is 522 g/mol. The lowest BCUT2D eigenvalue weighted by Gasteiger charge is -2.09. The van der Waals surface area contributed by atoms with Crippen LogP contribution in [0, 0.1) is 0 Å². The minimum Gasteiger partial charge on any atom is -0.481 e. The number of carbonyl (C=O) groups is 1. The molecule has 0 fully saturated rings. The van der Waals surface area contributed by atoms with Gasteiger partial charge < -0.3 is 4.74 Å². The number of nitrogens with one attached hydrogen (secondary N) is 1. The Morgan fingerprint density at radius 1 is 1.17 bits per heavy atom. The second kappa shape index (κ2) is 8.82. The Morgan fingerprint density at radius 3 is 2.39 bits per heavy atom. The van der Waals surface area contributed by atoms with E-state index in [0.29, 0.717) is 10.8 Å². The van der Waals surface area contributed by atoms with Crippen LogP contribution in [0.25, 0.3) is 0 Å². The van der Waals surface area contributed by atoms with Gasteiger partial charge in [0.1, 0.15) is 5.75 Å². The molecular formula is C15H10Br3ClN2O2. The van der Waals surface area contributed by atoms with Crippen molar-refractivity contribution in [3.05, 3.63) is 60.4 Å². The molecule has 0 aliphatic rings. The average Bonchev–Trinajstić information content (AvgIpc) is 2.48. The number of ether oxygens (including phenoxy) is 1. The summed E-state index contributed by atoms with van der Waals surface area (Å²) in [6.07, 6.45) is 1.53. The number of amides is 1. The van der Waals surface area contributed by atoms with E-state index in [9.17, 15) is 4.79 Å². The van der Waals surface area contributed by atoms with Gasteiger partial charge in [-0.2, -0.15) is 5.10 Å². The van der Waals surface area contributed by atoms with Crippen LogP contribution in [0.4, 0.5) is 0 Å². The van der Waals surface area contributed by atoms with Gasteiger partial charge in [0.05, 0.1) is 15.2 Å². The van der Waals surface area contributed by atoms with Gasteiger partial charge in [-0.15, -0.1) is 0 Å². The van der Waals surface area contributed by atoms with Gasteiger partial charge in [0, 0.05) is 9.50 Å². The van der Waals surface area contributed by atoms with E-state index >= 15 is 0 Å². The smallest absolute Gasteiger partial charge is 0.277 e. The summed E-state index contributed by atoms with van der Waals surface area (Å²) in [4.78, 5) is 11.7. The normalized spacial score (nSPS) is 10.8. The van der Waals surface area contributed by atoms with Gasteiger partial charge in [-0.1, -0.05) is 39.7 Å². The van der Waals surface area contributed by atoms with E-state index in [2.05, 4.69) is 58.3 Å². The highest BCUT2D eigenvalue weighted by Crippen LogP contribution is 2.36. The fourth-order valence-electron chi connectivity index (χ4n) is 1.56. The zero-order chi connectivity index (χ0) is 16.8. The molecule has 0 radical (unpaired) electrons. The Morgan fingerprint density at radius 2 is 1.78 bits per heavy atom. The van der Waals surface area contributed by atoms with Crippen molar-refractivity contribution >= 4 is 71.5 Å². The van der Waals surface area contributed by atoms with Crippen LogP contribution in [-0.4, -0.2) is 18.7 Å². The molecule has 8 heteroatoms. The first-order valence-corrected chi connectivity index (χ1v) is 9.06. The summed E-state index contributed by atoms with van der Waals surface area (Å²) < 4.78 is 7.84. The molecule has 0 bridgehead atoms. The minimum absolute atomic E-state index is 0.156. The molecule has 0 aromatic heterocycles. The molecule has 0 heterocycles. The van der Waals surface area contributed by atoms with Gasteiger partial charge in [0.25, 0.3) is 5.91 Å². The van der Waals surface area contributed by atoms with Crippen molar-refractivity contribution in [1.29, 1.82) is 0 Å². The lowest BCUT2D eigenvalue weighted by molar-refractivity contribution is -0.123. The highest BCUT2D eigenvalue weighted by Gasteiger charge is 2.10. The molecule has 120 valence electrons. The summed E-state index contributed by atoms with van der Waals surface area (Å²) in [5.74, 6) is 0.182. The van der Waals surface area contributed by atoms with Gasteiger partial charge in [-0.3, -0.25) is 4.79 Å². The standard InChI is InChI=1S/C15H10Br3ClN2O2/c16-10-5-12(17)15(13(18)6-10)23-8-14(22)21-20-7-9-1-3-11(19)4-2-9/h1-7H,8H2,(H,21,22). The Bertz CT molecular complexity index is 713. The van der Waals surface area contributed by atoms with Crippen molar-refractivity contribution in [2.24, 2.45) is 5.10 Å². The molecular weight excluding hydrogens is 515 g/mol.